The number of carbonyl (C=O) groups is 2. The molecule has 0 fully saturated rings. The van der Waals surface area contributed by atoms with Crippen molar-refractivity contribution < 1.29 is 14.3 Å². The maximum absolute atomic E-state index is 12.1. The van der Waals surface area contributed by atoms with E-state index in [0.29, 0.717) is 17.1 Å². The van der Waals surface area contributed by atoms with E-state index in [2.05, 4.69) is 20.4 Å². The van der Waals surface area contributed by atoms with Crippen molar-refractivity contribution in [3.8, 4) is 0 Å². The minimum Gasteiger partial charge on any atom is -0.456 e. The number of carbonyl (C=O) groups excluding carboxylic acids is 2. The summed E-state index contributed by atoms with van der Waals surface area (Å²) in [6.45, 7) is 6.99. The van der Waals surface area contributed by atoms with E-state index in [1.165, 1.54) is 6.07 Å². The Labute approximate surface area is 183 Å². The number of rotatable bonds is 6. The molecule has 158 valence electrons. The van der Waals surface area contributed by atoms with Crippen molar-refractivity contribution >= 4 is 46.5 Å². The molecule has 1 N–H and O–H groups in total. The summed E-state index contributed by atoms with van der Waals surface area (Å²) in [5.74, 6) is -0.867. The van der Waals surface area contributed by atoms with Gasteiger partial charge < -0.3 is 10.1 Å². The number of halogens is 2. The quantitative estimate of drug-likeness (QED) is 0.574. The molecule has 3 rings (SSSR count). The van der Waals surface area contributed by atoms with Gasteiger partial charge in [0.05, 0.1) is 21.4 Å². The minimum atomic E-state index is -0.540. The van der Waals surface area contributed by atoms with Crippen molar-refractivity contribution in [2.75, 3.05) is 11.9 Å². The van der Waals surface area contributed by atoms with Crippen molar-refractivity contribution in [2.24, 2.45) is 0 Å². The second-order valence-corrected chi connectivity index (χ2v) is 7.73. The highest BCUT2D eigenvalue weighted by Gasteiger charge is 2.15. The van der Waals surface area contributed by atoms with E-state index in [0.717, 1.165) is 28.3 Å². The van der Waals surface area contributed by atoms with Crippen LogP contribution in [0.4, 0.5) is 5.82 Å². The van der Waals surface area contributed by atoms with Crippen LogP contribution < -0.4 is 5.32 Å². The Morgan fingerprint density at radius 1 is 1.07 bits per heavy atom. The summed E-state index contributed by atoms with van der Waals surface area (Å²) >= 11 is 11.9. The zero-order chi connectivity index (χ0) is 22.0. The maximum atomic E-state index is 12.1. The molecule has 1 amide bonds. The summed E-state index contributed by atoms with van der Waals surface area (Å²) in [6, 6.07) is 3.39. The first kappa shape index (κ1) is 22.0. The number of pyridine rings is 1. The minimum absolute atomic E-state index is 0.113. The molecular formula is C20H21Cl2N5O3. The SMILES string of the molecule is Cc1cc2nc(C)c(CCC(=O)OCC(=O)Nc3nc(C)c(Cl)cc3Cl)c(C)n2n1. The first-order valence-corrected chi connectivity index (χ1v) is 10.0. The third kappa shape index (κ3) is 4.88. The van der Waals surface area contributed by atoms with Crippen LogP contribution in [-0.4, -0.2) is 38.1 Å². The Morgan fingerprint density at radius 3 is 2.53 bits per heavy atom. The average molecular weight is 450 g/mol. The topological polar surface area (TPSA) is 98.5 Å². The first-order valence-electron chi connectivity index (χ1n) is 9.26. The Bertz CT molecular complexity index is 1140. The second-order valence-electron chi connectivity index (χ2n) is 6.91. The summed E-state index contributed by atoms with van der Waals surface area (Å²) in [4.78, 5) is 32.8. The average Bonchev–Trinajstić information content (AvgIpc) is 3.04. The molecule has 10 heteroatoms. The highest BCUT2D eigenvalue weighted by atomic mass is 35.5. The van der Waals surface area contributed by atoms with Crippen molar-refractivity contribution in [1.82, 2.24) is 19.6 Å². The molecule has 3 aromatic heterocycles. The normalized spacial score (nSPS) is 11.0. The van der Waals surface area contributed by atoms with E-state index in [1.807, 2.05) is 26.8 Å². The van der Waals surface area contributed by atoms with Crippen molar-refractivity contribution in [3.05, 3.63) is 50.5 Å². The van der Waals surface area contributed by atoms with Crippen LogP contribution in [-0.2, 0) is 20.7 Å². The predicted molar refractivity (Wildman–Crippen MR) is 114 cm³/mol. The van der Waals surface area contributed by atoms with Gasteiger partial charge in [-0.25, -0.2) is 14.5 Å². The number of esters is 1. The number of ether oxygens (including phenoxy) is 1. The van der Waals surface area contributed by atoms with E-state index in [-0.39, 0.29) is 17.3 Å². The number of hydrogen-bond acceptors (Lipinski definition) is 6. The zero-order valence-corrected chi connectivity index (χ0v) is 18.6. The fourth-order valence-corrected chi connectivity index (χ4v) is 3.47. The third-order valence-electron chi connectivity index (χ3n) is 4.59. The van der Waals surface area contributed by atoms with E-state index in [4.69, 9.17) is 27.9 Å². The summed E-state index contributed by atoms with van der Waals surface area (Å²) < 4.78 is 6.84. The lowest BCUT2D eigenvalue weighted by molar-refractivity contribution is -0.147. The van der Waals surface area contributed by atoms with Crippen LogP contribution in [0.2, 0.25) is 10.0 Å². The van der Waals surface area contributed by atoms with Gasteiger partial charge in [-0.2, -0.15) is 5.10 Å². The molecule has 0 aliphatic heterocycles. The maximum Gasteiger partial charge on any atom is 0.306 e. The number of nitrogens with one attached hydrogen (secondary N) is 1. The number of aromatic nitrogens is 4. The molecule has 0 unspecified atom stereocenters. The molecule has 30 heavy (non-hydrogen) atoms. The molecule has 3 heterocycles. The lowest BCUT2D eigenvalue weighted by Crippen LogP contribution is -2.22. The van der Waals surface area contributed by atoms with Gasteiger partial charge >= 0.3 is 5.97 Å². The summed E-state index contributed by atoms with van der Waals surface area (Å²) in [5.41, 5.74) is 4.86. The Balaban J connectivity index is 1.56. The van der Waals surface area contributed by atoms with Gasteiger partial charge in [0.15, 0.2) is 18.1 Å². The molecule has 0 aliphatic rings. The molecule has 0 atom stereocenters. The molecule has 0 bridgehead atoms. The molecule has 0 saturated heterocycles. The number of amides is 1. The largest absolute Gasteiger partial charge is 0.456 e. The predicted octanol–water partition coefficient (Wildman–Crippen LogP) is 3.78. The zero-order valence-electron chi connectivity index (χ0n) is 17.0. The van der Waals surface area contributed by atoms with E-state index < -0.39 is 18.5 Å². The van der Waals surface area contributed by atoms with Gasteiger partial charge in [0.25, 0.3) is 5.91 Å². The smallest absolute Gasteiger partial charge is 0.306 e. The van der Waals surface area contributed by atoms with Crippen LogP contribution in [0.1, 0.15) is 34.8 Å². The van der Waals surface area contributed by atoms with Gasteiger partial charge in [-0.15, -0.1) is 0 Å². The van der Waals surface area contributed by atoms with Crippen LogP contribution in [0, 0.1) is 27.7 Å². The lowest BCUT2D eigenvalue weighted by Gasteiger charge is -2.11. The van der Waals surface area contributed by atoms with Gasteiger partial charge in [-0.3, -0.25) is 9.59 Å². The van der Waals surface area contributed by atoms with Crippen LogP contribution in [0.15, 0.2) is 12.1 Å². The number of aryl methyl sites for hydroxylation is 4. The molecule has 0 aliphatic carbocycles. The monoisotopic (exact) mass is 449 g/mol. The van der Waals surface area contributed by atoms with Gasteiger partial charge in [0, 0.05) is 23.9 Å². The van der Waals surface area contributed by atoms with E-state index >= 15 is 0 Å². The number of anilines is 1. The molecule has 0 saturated carbocycles. The van der Waals surface area contributed by atoms with Crippen LogP contribution in [0.25, 0.3) is 5.65 Å². The van der Waals surface area contributed by atoms with Crippen LogP contribution >= 0.6 is 23.2 Å². The molecule has 8 nitrogen and oxygen atoms in total. The molecule has 0 spiro atoms. The summed E-state index contributed by atoms with van der Waals surface area (Å²) in [6.07, 6.45) is 0.547. The van der Waals surface area contributed by atoms with Crippen molar-refractivity contribution in [1.29, 1.82) is 0 Å². The number of nitrogens with zero attached hydrogens (tertiary/aromatic N) is 4. The van der Waals surface area contributed by atoms with Crippen molar-refractivity contribution in [3.63, 3.8) is 0 Å². The van der Waals surface area contributed by atoms with Crippen LogP contribution in [0.3, 0.4) is 0 Å². The van der Waals surface area contributed by atoms with Gasteiger partial charge in [-0.05, 0) is 45.7 Å². The highest BCUT2D eigenvalue weighted by Crippen LogP contribution is 2.25. The Hall–Kier alpha value is -2.71. The van der Waals surface area contributed by atoms with Crippen molar-refractivity contribution in [2.45, 2.75) is 40.5 Å². The molecular weight excluding hydrogens is 429 g/mol. The fourth-order valence-electron chi connectivity index (χ4n) is 3.06. The first-order chi connectivity index (χ1) is 14.2. The van der Waals surface area contributed by atoms with Gasteiger partial charge in [-0.1, -0.05) is 23.2 Å². The third-order valence-corrected chi connectivity index (χ3v) is 5.26. The molecule has 3 aromatic rings. The van der Waals surface area contributed by atoms with Gasteiger partial charge in [0.2, 0.25) is 0 Å². The lowest BCUT2D eigenvalue weighted by atomic mass is 10.1. The summed E-state index contributed by atoms with van der Waals surface area (Å²) in [7, 11) is 0. The second kappa shape index (κ2) is 8.97. The molecule has 0 radical (unpaired) electrons. The van der Waals surface area contributed by atoms with Gasteiger partial charge in [0.1, 0.15) is 0 Å². The Kier molecular flexibility index (Phi) is 6.58. The molecule has 0 aromatic carbocycles. The van der Waals surface area contributed by atoms with E-state index in [1.54, 1.807) is 11.4 Å². The number of fused-ring (bicyclic) bond motifs is 1. The fraction of sp³-hybridized carbons (Fsp3) is 0.350. The van der Waals surface area contributed by atoms with E-state index in [9.17, 15) is 9.59 Å². The van der Waals surface area contributed by atoms with Crippen LogP contribution in [0.5, 0.6) is 0 Å². The number of hydrogen-bond donors (Lipinski definition) is 1. The highest BCUT2D eigenvalue weighted by molar-refractivity contribution is 6.36. The summed E-state index contributed by atoms with van der Waals surface area (Å²) in [5, 5.41) is 7.53. The Morgan fingerprint density at radius 2 is 1.80 bits per heavy atom. The standard InChI is InChI=1S/C20H21Cl2N5O3/c1-10-7-17-23-11(2)14(13(4)27(17)26-10)5-6-19(29)30-9-18(28)25-20-16(22)8-15(21)12(3)24-20/h7-8H,5-6,9H2,1-4H3,(H,24,25,28).